The first-order chi connectivity index (χ1) is 10.6. The number of aromatic nitrogens is 2. The number of nitrogens with zero attached hydrogens (tertiary/aromatic N) is 2. The van der Waals surface area contributed by atoms with E-state index in [4.69, 9.17) is 4.74 Å². The van der Waals surface area contributed by atoms with Crippen molar-refractivity contribution in [3.8, 4) is 11.4 Å². The van der Waals surface area contributed by atoms with Gasteiger partial charge in [0, 0.05) is 18.5 Å². The molecule has 3 aromatic rings. The summed E-state index contributed by atoms with van der Waals surface area (Å²) in [5.41, 5.74) is 2.31. The highest BCUT2D eigenvalue weighted by Gasteiger charge is 2.11. The maximum atomic E-state index is 12.5. The molecule has 3 rings (SSSR count). The molecule has 0 fully saturated rings. The van der Waals surface area contributed by atoms with Crippen LogP contribution in [0.1, 0.15) is 5.56 Å². The van der Waals surface area contributed by atoms with Crippen LogP contribution in [0.15, 0.2) is 47.3 Å². The van der Waals surface area contributed by atoms with Gasteiger partial charge in [-0.1, -0.05) is 12.1 Å². The predicted octanol–water partition coefficient (Wildman–Crippen LogP) is 2.74. The van der Waals surface area contributed by atoms with Gasteiger partial charge in [0.05, 0.1) is 18.3 Å². The van der Waals surface area contributed by atoms with Gasteiger partial charge in [-0.15, -0.1) is 0 Å². The van der Waals surface area contributed by atoms with Crippen LogP contribution in [0.4, 0.5) is 5.82 Å². The largest absolute Gasteiger partial charge is 0.497 e. The zero-order valence-electron chi connectivity index (χ0n) is 12.8. The van der Waals surface area contributed by atoms with Crippen LogP contribution in [0.3, 0.4) is 0 Å². The molecule has 0 saturated heterocycles. The summed E-state index contributed by atoms with van der Waals surface area (Å²) in [5, 5.41) is 3.88. The van der Waals surface area contributed by atoms with E-state index in [2.05, 4.69) is 10.3 Å². The zero-order chi connectivity index (χ0) is 15.7. The van der Waals surface area contributed by atoms with Crippen molar-refractivity contribution >= 4 is 16.7 Å². The third kappa shape index (κ3) is 2.30. The Labute approximate surface area is 128 Å². The summed E-state index contributed by atoms with van der Waals surface area (Å²) >= 11 is 0. The van der Waals surface area contributed by atoms with E-state index < -0.39 is 0 Å². The summed E-state index contributed by atoms with van der Waals surface area (Å²) in [6.07, 6.45) is 0. The lowest BCUT2D eigenvalue weighted by molar-refractivity contribution is 0.414. The first-order valence-corrected chi connectivity index (χ1v) is 6.99. The van der Waals surface area contributed by atoms with E-state index in [1.807, 2.05) is 49.4 Å². The molecule has 0 unspecified atom stereocenters. The fourth-order valence-corrected chi connectivity index (χ4v) is 2.53. The minimum absolute atomic E-state index is 0.323. The Bertz CT molecular complexity index is 900. The van der Waals surface area contributed by atoms with Crippen LogP contribution in [0.2, 0.25) is 0 Å². The van der Waals surface area contributed by atoms with Gasteiger partial charge in [-0.05, 0) is 36.8 Å². The Hall–Kier alpha value is -2.82. The predicted molar refractivity (Wildman–Crippen MR) is 88.2 cm³/mol. The monoisotopic (exact) mass is 295 g/mol. The number of rotatable bonds is 3. The number of nitrogens with one attached hydrogen (secondary N) is 1. The summed E-state index contributed by atoms with van der Waals surface area (Å²) in [4.78, 5) is 16.6. The normalized spacial score (nSPS) is 10.7. The van der Waals surface area contributed by atoms with Gasteiger partial charge in [0.1, 0.15) is 11.6 Å². The quantitative estimate of drug-likeness (QED) is 0.807. The molecule has 5 nitrogen and oxygen atoms in total. The standard InChI is InChI=1S/C17H17N3O2/c1-11-7-8-14-15(9-11)20(17(21)19-16(14)18-2)12-5-4-6-13(10-12)22-3/h4-10H,1-3H3,(H,18,19,21). The third-order valence-electron chi connectivity index (χ3n) is 3.60. The smallest absolute Gasteiger partial charge is 0.354 e. The van der Waals surface area contributed by atoms with Crippen molar-refractivity contribution in [2.24, 2.45) is 0 Å². The molecule has 0 aliphatic heterocycles. The van der Waals surface area contributed by atoms with Gasteiger partial charge in [-0.2, -0.15) is 4.98 Å². The minimum Gasteiger partial charge on any atom is -0.497 e. The SMILES string of the molecule is CNc1nc(=O)n(-c2cccc(OC)c2)c2cc(C)ccc12. The van der Waals surface area contributed by atoms with Gasteiger partial charge in [0.2, 0.25) is 0 Å². The van der Waals surface area contributed by atoms with Crippen LogP contribution in [0, 0.1) is 6.92 Å². The molecule has 1 heterocycles. The van der Waals surface area contributed by atoms with Gasteiger partial charge in [-0.25, -0.2) is 4.79 Å². The molecule has 1 aromatic heterocycles. The second-order valence-corrected chi connectivity index (χ2v) is 5.05. The fourth-order valence-electron chi connectivity index (χ4n) is 2.53. The molecule has 0 aliphatic rings. The molecule has 22 heavy (non-hydrogen) atoms. The maximum absolute atomic E-state index is 12.5. The Morgan fingerprint density at radius 3 is 2.73 bits per heavy atom. The Morgan fingerprint density at radius 2 is 2.00 bits per heavy atom. The molecule has 0 amide bonds. The molecule has 1 N–H and O–H groups in total. The van der Waals surface area contributed by atoms with Gasteiger partial charge in [-0.3, -0.25) is 4.57 Å². The molecule has 0 radical (unpaired) electrons. The molecule has 0 spiro atoms. The Kier molecular flexibility index (Phi) is 3.55. The highest BCUT2D eigenvalue weighted by atomic mass is 16.5. The molecule has 5 heteroatoms. The molecular formula is C17H17N3O2. The molecule has 0 saturated carbocycles. The molecule has 0 aliphatic carbocycles. The number of fused-ring (bicyclic) bond motifs is 1. The summed E-state index contributed by atoms with van der Waals surface area (Å²) in [5.74, 6) is 1.28. The van der Waals surface area contributed by atoms with Gasteiger partial charge >= 0.3 is 5.69 Å². The summed E-state index contributed by atoms with van der Waals surface area (Å²) in [6, 6.07) is 13.4. The number of hydrogen-bond acceptors (Lipinski definition) is 4. The second kappa shape index (κ2) is 5.52. The van der Waals surface area contributed by atoms with Gasteiger partial charge < -0.3 is 10.1 Å². The van der Waals surface area contributed by atoms with E-state index in [1.54, 1.807) is 18.7 Å². The molecule has 112 valence electrons. The highest BCUT2D eigenvalue weighted by molar-refractivity contribution is 5.90. The number of benzene rings is 2. The number of aryl methyl sites for hydroxylation is 1. The van der Waals surface area contributed by atoms with Crippen molar-refractivity contribution in [2.45, 2.75) is 6.92 Å². The van der Waals surface area contributed by atoms with E-state index in [-0.39, 0.29) is 5.69 Å². The van der Waals surface area contributed by atoms with Crippen molar-refractivity contribution in [3.05, 3.63) is 58.5 Å². The average Bonchev–Trinajstić information content (AvgIpc) is 2.53. The number of hydrogen-bond donors (Lipinski definition) is 1. The van der Waals surface area contributed by atoms with Crippen LogP contribution in [-0.2, 0) is 0 Å². The average molecular weight is 295 g/mol. The van der Waals surface area contributed by atoms with Crippen LogP contribution >= 0.6 is 0 Å². The second-order valence-electron chi connectivity index (χ2n) is 5.05. The summed E-state index contributed by atoms with van der Waals surface area (Å²) in [7, 11) is 3.36. The van der Waals surface area contributed by atoms with E-state index in [0.717, 1.165) is 22.2 Å². The van der Waals surface area contributed by atoms with Crippen LogP contribution in [0.5, 0.6) is 5.75 Å². The third-order valence-corrected chi connectivity index (χ3v) is 3.60. The lowest BCUT2D eigenvalue weighted by atomic mass is 10.1. The summed E-state index contributed by atoms with van der Waals surface area (Å²) in [6.45, 7) is 2.00. The fraction of sp³-hybridized carbons (Fsp3) is 0.176. The van der Waals surface area contributed by atoms with Crippen molar-refractivity contribution in [2.75, 3.05) is 19.5 Å². The highest BCUT2D eigenvalue weighted by Crippen LogP contribution is 2.24. The lowest BCUT2D eigenvalue weighted by Crippen LogP contribution is -2.23. The van der Waals surface area contributed by atoms with Gasteiger partial charge in [0.25, 0.3) is 0 Å². The van der Waals surface area contributed by atoms with Crippen LogP contribution < -0.4 is 15.7 Å². The molecule has 0 bridgehead atoms. The lowest BCUT2D eigenvalue weighted by Gasteiger charge is -2.13. The van der Waals surface area contributed by atoms with E-state index in [9.17, 15) is 4.79 Å². The molecule has 2 aromatic carbocycles. The maximum Gasteiger partial charge on any atom is 0.354 e. The van der Waals surface area contributed by atoms with Crippen LogP contribution in [0.25, 0.3) is 16.6 Å². The van der Waals surface area contributed by atoms with E-state index in [0.29, 0.717) is 11.6 Å². The topological polar surface area (TPSA) is 56.2 Å². The van der Waals surface area contributed by atoms with Crippen molar-refractivity contribution in [1.29, 1.82) is 0 Å². The van der Waals surface area contributed by atoms with E-state index in [1.165, 1.54) is 0 Å². The zero-order valence-corrected chi connectivity index (χ0v) is 12.8. The van der Waals surface area contributed by atoms with Gasteiger partial charge in [0.15, 0.2) is 0 Å². The number of ether oxygens (including phenoxy) is 1. The van der Waals surface area contributed by atoms with E-state index >= 15 is 0 Å². The van der Waals surface area contributed by atoms with Crippen molar-refractivity contribution < 1.29 is 4.74 Å². The number of anilines is 1. The van der Waals surface area contributed by atoms with Crippen molar-refractivity contribution in [1.82, 2.24) is 9.55 Å². The molecule has 0 atom stereocenters. The van der Waals surface area contributed by atoms with Crippen LogP contribution in [-0.4, -0.2) is 23.7 Å². The summed E-state index contributed by atoms with van der Waals surface area (Å²) < 4.78 is 6.85. The minimum atomic E-state index is -0.323. The van der Waals surface area contributed by atoms with Crippen molar-refractivity contribution in [3.63, 3.8) is 0 Å². The number of methoxy groups -OCH3 is 1. The first kappa shape index (κ1) is 14.1. The molecular weight excluding hydrogens is 278 g/mol. The Balaban J connectivity index is 2.40. The Morgan fingerprint density at radius 1 is 1.18 bits per heavy atom. The first-order valence-electron chi connectivity index (χ1n) is 6.99.